The highest BCUT2D eigenvalue weighted by molar-refractivity contribution is 7.11. The molecule has 0 unspecified atom stereocenters. The first-order valence-electron chi connectivity index (χ1n) is 4.97. The molecule has 0 aromatic carbocycles. The Bertz CT molecular complexity index is 354. The molecule has 0 aliphatic rings. The van der Waals surface area contributed by atoms with Crippen molar-refractivity contribution < 1.29 is 0 Å². The van der Waals surface area contributed by atoms with Crippen LogP contribution in [0.4, 0.5) is 0 Å². The first-order chi connectivity index (χ1) is 7.04. The molecule has 0 atom stereocenters. The van der Waals surface area contributed by atoms with Gasteiger partial charge in [0.25, 0.3) is 0 Å². The third kappa shape index (κ3) is 3.20. The fourth-order valence-electron chi connectivity index (χ4n) is 1.32. The van der Waals surface area contributed by atoms with E-state index in [4.69, 9.17) is 5.73 Å². The largest absolute Gasteiger partial charge is 0.370 e. The molecule has 0 spiro atoms. The van der Waals surface area contributed by atoms with E-state index in [1.54, 1.807) is 18.4 Å². The van der Waals surface area contributed by atoms with E-state index < -0.39 is 0 Å². The van der Waals surface area contributed by atoms with E-state index in [9.17, 15) is 0 Å². The summed E-state index contributed by atoms with van der Waals surface area (Å²) in [5.74, 6) is 0.932. The van der Waals surface area contributed by atoms with Crippen LogP contribution in [0.3, 0.4) is 0 Å². The highest BCUT2D eigenvalue weighted by Crippen LogP contribution is 2.23. The molecule has 0 fully saturated rings. The van der Waals surface area contributed by atoms with Gasteiger partial charge in [-0.25, -0.2) is 4.98 Å². The lowest BCUT2D eigenvalue weighted by Gasteiger charge is -2.01. The molecular formula is C10H18N4S. The Balaban J connectivity index is 2.67. The molecular weight excluding hydrogens is 208 g/mol. The quantitative estimate of drug-likeness (QED) is 0.608. The molecule has 0 saturated heterocycles. The van der Waals surface area contributed by atoms with Crippen molar-refractivity contribution in [2.24, 2.45) is 10.7 Å². The topological polar surface area (TPSA) is 63.3 Å². The number of hydrogen-bond donors (Lipinski definition) is 2. The Morgan fingerprint density at radius 1 is 1.60 bits per heavy atom. The number of rotatable bonds is 3. The summed E-state index contributed by atoms with van der Waals surface area (Å²) in [6, 6.07) is 0. The maximum absolute atomic E-state index is 5.54. The summed E-state index contributed by atoms with van der Waals surface area (Å²) in [5, 5.41) is 4.06. The minimum Gasteiger partial charge on any atom is -0.370 e. The number of nitrogens with two attached hydrogens (primary N) is 1. The molecule has 0 amide bonds. The normalized spacial score (nSPS) is 12.2. The first-order valence-corrected chi connectivity index (χ1v) is 5.78. The van der Waals surface area contributed by atoms with E-state index in [0.717, 1.165) is 5.01 Å². The molecule has 15 heavy (non-hydrogen) atoms. The molecule has 1 heterocycles. The third-order valence-corrected chi connectivity index (χ3v) is 3.07. The van der Waals surface area contributed by atoms with Crippen molar-refractivity contribution in [1.82, 2.24) is 10.3 Å². The zero-order valence-electron chi connectivity index (χ0n) is 9.66. The minimum atomic E-state index is 0.453. The van der Waals surface area contributed by atoms with Gasteiger partial charge in [0.05, 0.1) is 12.2 Å². The molecule has 0 aliphatic heterocycles. The number of thiazole rings is 1. The van der Waals surface area contributed by atoms with Crippen LogP contribution in [0.5, 0.6) is 0 Å². The van der Waals surface area contributed by atoms with Crippen LogP contribution in [0.1, 0.15) is 35.3 Å². The molecule has 3 N–H and O–H groups in total. The van der Waals surface area contributed by atoms with E-state index in [2.05, 4.69) is 36.1 Å². The summed E-state index contributed by atoms with van der Waals surface area (Å²) < 4.78 is 0. The van der Waals surface area contributed by atoms with Crippen molar-refractivity contribution in [3.63, 3.8) is 0 Å². The predicted molar refractivity (Wildman–Crippen MR) is 65.3 cm³/mol. The Hall–Kier alpha value is -1.10. The lowest BCUT2D eigenvalue weighted by Crippen LogP contribution is -2.30. The van der Waals surface area contributed by atoms with Gasteiger partial charge in [0, 0.05) is 11.9 Å². The van der Waals surface area contributed by atoms with E-state index in [-0.39, 0.29) is 0 Å². The van der Waals surface area contributed by atoms with Gasteiger partial charge in [-0.15, -0.1) is 11.3 Å². The van der Waals surface area contributed by atoms with E-state index in [1.165, 1.54) is 10.6 Å². The Kier molecular flexibility index (Phi) is 4.08. The van der Waals surface area contributed by atoms with E-state index >= 15 is 0 Å². The summed E-state index contributed by atoms with van der Waals surface area (Å²) in [7, 11) is 1.66. The van der Waals surface area contributed by atoms with Crippen LogP contribution >= 0.6 is 11.3 Å². The van der Waals surface area contributed by atoms with Crippen molar-refractivity contribution in [3.05, 3.63) is 15.6 Å². The highest BCUT2D eigenvalue weighted by Gasteiger charge is 2.10. The van der Waals surface area contributed by atoms with Gasteiger partial charge in [0.2, 0.25) is 0 Å². The second kappa shape index (κ2) is 5.11. The number of hydrogen-bond acceptors (Lipinski definition) is 3. The number of aromatic nitrogens is 1. The van der Waals surface area contributed by atoms with E-state index in [1.807, 2.05) is 0 Å². The Labute approximate surface area is 94.6 Å². The molecule has 0 radical (unpaired) electrons. The zero-order valence-corrected chi connectivity index (χ0v) is 10.5. The van der Waals surface area contributed by atoms with Crippen LogP contribution in [0.25, 0.3) is 0 Å². The standard InChI is InChI=1S/C10H18N4S/c1-6(2)9-7(3)15-8(14-9)5-13-10(11)12-4/h6H,5H2,1-4H3,(H3,11,12,13). The Morgan fingerprint density at radius 2 is 2.27 bits per heavy atom. The Morgan fingerprint density at radius 3 is 2.73 bits per heavy atom. The molecule has 1 aromatic heterocycles. The average Bonchev–Trinajstić information content (AvgIpc) is 2.56. The molecule has 5 heteroatoms. The van der Waals surface area contributed by atoms with Gasteiger partial charge in [-0.1, -0.05) is 13.8 Å². The maximum Gasteiger partial charge on any atom is 0.188 e. The zero-order chi connectivity index (χ0) is 11.4. The average molecular weight is 226 g/mol. The van der Waals surface area contributed by atoms with Crippen molar-refractivity contribution in [1.29, 1.82) is 0 Å². The molecule has 1 aromatic rings. The molecule has 4 nitrogen and oxygen atoms in total. The summed E-state index contributed by atoms with van der Waals surface area (Å²) in [4.78, 5) is 9.67. The van der Waals surface area contributed by atoms with Gasteiger partial charge in [-0.2, -0.15) is 0 Å². The molecule has 0 aliphatic carbocycles. The monoisotopic (exact) mass is 226 g/mol. The number of nitrogens with one attached hydrogen (secondary N) is 1. The molecule has 0 saturated carbocycles. The van der Waals surface area contributed by atoms with E-state index in [0.29, 0.717) is 18.4 Å². The summed E-state index contributed by atoms with van der Waals surface area (Å²) in [5.41, 5.74) is 6.73. The predicted octanol–water partition coefficient (Wildman–Crippen LogP) is 1.61. The number of aliphatic imine (C=N–C) groups is 1. The van der Waals surface area contributed by atoms with Crippen molar-refractivity contribution in [3.8, 4) is 0 Å². The smallest absolute Gasteiger partial charge is 0.188 e. The van der Waals surface area contributed by atoms with Gasteiger partial charge in [-0.3, -0.25) is 4.99 Å². The second-order valence-corrected chi connectivity index (χ2v) is 4.95. The van der Waals surface area contributed by atoms with Crippen molar-refractivity contribution >= 4 is 17.3 Å². The van der Waals surface area contributed by atoms with Crippen LogP contribution in [-0.4, -0.2) is 18.0 Å². The van der Waals surface area contributed by atoms with Gasteiger partial charge >= 0.3 is 0 Å². The van der Waals surface area contributed by atoms with Gasteiger partial charge < -0.3 is 11.1 Å². The van der Waals surface area contributed by atoms with Crippen LogP contribution in [-0.2, 0) is 6.54 Å². The van der Waals surface area contributed by atoms with Gasteiger partial charge in [0.15, 0.2) is 5.96 Å². The number of nitrogens with zero attached hydrogens (tertiary/aromatic N) is 2. The second-order valence-electron chi connectivity index (χ2n) is 3.67. The highest BCUT2D eigenvalue weighted by atomic mass is 32.1. The summed E-state index contributed by atoms with van der Waals surface area (Å²) in [6.45, 7) is 7.07. The van der Waals surface area contributed by atoms with Crippen LogP contribution < -0.4 is 11.1 Å². The van der Waals surface area contributed by atoms with Crippen LogP contribution in [0, 0.1) is 6.92 Å². The maximum atomic E-state index is 5.54. The van der Waals surface area contributed by atoms with Gasteiger partial charge in [0.1, 0.15) is 5.01 Å². The fourth-order valence-corrected chi connectivity index (χ4v) is 2.35. The lowest BCUT2D eigenvalue weighted by atomic mass is 10.1. The fraction of sp³-hybridized carbons (Fsp3) is 0.600. The van der Waals surface area contributed by atoms with Crippen molar-refractivity contribution in [2.45, 2.75) is 33.2 Å². The van der Waals surface area contributed by atoms with Crippen LogP contribution in [0.2, 0.25) is 0 Å². The lowest BCUT2D eigenvalue weighted by molar-refractivity contribution is 0.802. The third-order valence-electron chi connectivity index (χ3n) is 2.09. The number of aryl methyl sites for hydroxylation is 1. The molecule has 84 valence electrons. The van der Waals surface area contributed by atoms with Gasteiger partial charge in [-0.05, 0) is 12.8 Å². The van der Waals surface area contributed by atoms with Crippen LogP contribution in [0.15, 0.2) is 4.99 Å². The van der Waals surface area contributed by atoms with Crippen molar-refractivity contribution in [2.75, 3.05) is 7.05 Å². The number of guanidine groups is 1. The minimum absolute atomic E-state index is 0.453. The molecule has 0 bridgehead atoms. The molecule has 1 rings (SSSR count). The first kappa shape index (κ1) is 12.0. The summed E-state index contributed by atoms with van der Waals surface area (Å²) >= 11 is 1.71. The summed E-state index contributed by atoms with van der Waals surface area (Å²) in [6.07, 6.45) is 0. The SMILES string of the molecule is CN=C(N)NCc1nc(C(C)C)c(C)s1.